The average Bonchev–Trinajstić information content (AvgIpc) is 2.32. The van der Waals surface area contributed by atoms with Crippen LogP contribution in [0.5, 0.6) is 0 Å². The van der Waals surface area contributed by atoms with Crippen molar-refractivity contribution in [2.45, 2.75) is 6.92 Å². The Morgan fingerprint density at radius 3 is 2.06 bits per heavy atom. The minimum absolute atomic E-state index is 0. The Morgan fingerprint density at radius 1 is 1.24 bits per heavy atom. The number of hydrogen-bond acceptors (Lipinski definition) is 3. The SMILES string of the molecule is CS.C[N-]C.C[N-]c1nc(C)ccc1C#N.[U+2]. The Morgan fingerprint density at radius 2 is 1.71 bits per heavy atom. The van der Waals surface area contributed by atoms with Gasteiger partial charge in [-0.3, -0.25) is 0 Å². The van der Waals surface area contributed by atoms with Crippen LogP contribution in [0.1, 0.15) is 11.3 Å². The molecule has 0 bridgehead atoms. The third-order valence-electron chi connectivity index (χ3n) is 1.35. The predicted octanol–water partition coefficient (Wildman–Crippen LogP) is 3.06. The van der Waals surface area contributed by atoms with Gasteiger partial charge in [-0.25, -0.2) is 0 Å². The first-order valence-corrected chi connectivity index (χ1v) is 5.49. The fourth-order valence-corrected chi connectivity index (χ4v) is 0.801. The van der Waals surface area contributed by atoms with E-state index in [0.29, 0.717) is 11.4 Å². The molecule has 4 nitrogen and oxygen atoms in total. The van der Waals surface area contributed by atoms with E-state index in [1.807, 2.05) is 13.0 Å². The van der Waals surface area contributed by atoms with Gasteiger partial charge >= 0.3 is 31.1 Å². The molecule has 0 atom stereocenters. The molecule has 0 N–H and O–H groups in total. The molecule has 0 saturated carbocycles. The van der Waals surface area contributed by atoms with E-state index in [1.165, 1.54) is 0 Å². The summed E-state index contributed by atoms with van der Waals surface area (Å²) in [6.45, 7) is 1.87. The first kappa shape index (κ1) is 22.0. The first-order chi connectivity index (χ1) is 7.69. The van der Waals surface area contributed by atoms with Crippen molar-refractivity contribution in [1.82, 2.24) is 4.98 Å². The Balaban J connectivity index is -0.000000286. The van der Waals surface area contributed by atoms with E-state index in [4.69, 9.17) is 5.26 Å². The number of pyridine rings is 1. The van der Waals surface area contributed by atoms with E-state index in [2.05, 4.69) is 28.2 Å². The molecule has 0 aliphatic rings. The van der Waals surface area contributed by atoms with Gasteiger partial charge < -0.3 is 15.6 Å². The molecule has 0 aliphatic carbocycles. The van der Waals surface area contributed by atoms with Crippen LogP contribution < -0.4 is 0 Å². The van der Waals surface area contributed by atoms with Crippen LogP contribution in [0.15, 0.2) is 12.1 Å². The Labute approximate surface area is 133 Å². The number of nitrogens with zero attached hydrogens (tertiary/aromatic N) is 4. The van der Waals surface area contributed by atoms with Gasteiger partial charge in [0.25, 0.3) is 0 Å². The van der Waals surface area contributed by atoms with Gasteiger partial charge in [0.05, 0.1) is 11.6 Å². The number of nitriles is 1. The minimum atomic E-state index is 0. The standard InChI is InChI=1S/C8H8N3.C2H6N.CH4S.U/c1-6-3-4-7(5-9)8(10-2)11-6;1-3-2;1-2;/h3-4H,1-2H3;1-2H3;2H,1H3;/q2*-1;;+2. The zero-order valence-corrected chi connectivity index (χ0v) is 15.9. The van der Waals surface area contributed by atoms with Crippen molar-refractivity contribution in [3.8, 4) is 6.07 Å². The van der Waals surface area contributed by atoms with E-state index in [9.17, 15) is 0 Å². The van der Waals surface area contributed by atoms with Gasteiger partial charge in [0, 0.05) is 0 Å². The maximum Gasteiger partial charge on any atom is 2.00 e. The molecule has 0 aromatic carbocycles. The summed E-state index contributed by atoms with van der Waals surface area (Å²) in [5.41, 5.74) is 1.41. The number of hydrogen-bond donors (Lipinski definition) is 1. The van der Waals surface area contributed by atoms with Crippen LogP contribution in [-0.4, -0.2) is 32.4 Å². The molecule has 17 heavy (non-hydrogen) atoms. The molecule has 6 heteroatoms. The van der Waals surface area contributed by atoms with Gasteiger partial charge in [-0.2, -0.15) is 32.0 Å². The number of aromatic nitrogens is 1. The third kappa shape index (κ3) is 10.7. The van der Waals surface area contributed by atoms with E-state index in [-0.39, 0.29) is 31.1 Å². The van der Waals surface area contributed by atoms with E-state index in [0.717, 1.165) is 5.69 Å². The summed E-state index contributed by atoms with van der Waals surface area (Å²) in [7, 11) is 5.13. The topological polar surface area (TPSA) is 64.9 Å². The Hall–Kier alpha value is -0.198. The Kier molecular flexibility index (Phi) is 20.5. The largest absolute Gasteiger partial charge is 2.00 e. The third-order valence-corrected chi connectivity index (χ3v) is 1.35. The van der Waals surface area contributed by atoms with E-state index >= 15 is 0 Å². The van der Waals surface area contributed by atoms with Crippen molar-refractivity contribution >= 4 is 18.4 Å². The average molecular weight is 476 g/mol. The number of thiol groups is 1. The molecule has 92 valence electrons. The predicted molar refractivity (Wildman–Crippen MR) is 72.7 cm³/mol. The van der Waals surface area contributed by atoms with Crippen molar-refractivity contribution < 1.29 is 31.1 Å². The van der Waals surface area contributed by atoms with Crippen molar-refractivity contribution in [3.63, 3.8) is 0 Å². The molecule has 1 rings (SSSR count). The summed E-state index contributed by atoms with van der Waals surface area (Å²) in [5, 5.41) is 16.0. The fraction of sp³-hybridized carbons (Fsp3) is 0.455. The monoisotopic (exact) mass is 476 g/mol. The van der Waals surface area contributed by atoms with E-state index < -0.39 is 0 Å². The van der Waals surface area contributed by atoms with Crippen molar-refractivity contribution in [2.75, 3.05) is 27.4 Å². The first-order valence-electron chi connectivity index (χ1n) is 4.59. The second kappa shape index (κ2) is 15.8. The Bertz CT molecular complexity index is 326. The fourth-order valence-electron chi connectivity index (χ4n) is 0.801. The van der Waals surface area contributed by atoms with Gasteiger partial charge in [-0.15, -0.1) is 0 Å². The summed E-state index contributed by atoms with van der Waals surface area (Å²) >= 11 is 3.53. The molecular weight excluding hydrogens is 458 g/mol. The molecule has 0 spiro atoms. The second-order valence-corrected chi connectivity index (χ2v) is 2.61. The molecule has 0 aliphatic heterocycles. The van der Waals surface area contributed by atoms with Gasteiger partial charge in [-0.1, -0.05) is 18.8 Å². The molecule has 0 amide bonds. The van der Waals surface area contributed by atoms with Crippen LogP contribution in [0.2, 0.25) is 0 Å². The number of aryl methyl sites for hydroxylation is 1. The van der Waals surface area contributed by atoms with Crippen molar-refractivity contribution in [3.05, 3.63) is 34.0 Å². The van der Waals surface area contributed by atoms with Crippen LogP contribution in [0.4, 0.5) is 5.82 Å². The quantitative estimate of drug-likeness (QED) is 0.634. The van der Waals surface area contributed by atoms with Crippen molar-refractivity contribution in [1.29, 1.82) is 5.26 Å². The van der Waals surface area contributed by atoms with Crippen molar-refractivity contribution in [2.24, 2.45) is 0 Å². The summed E-state index contributed by atoms with van der Waals surface area (Å²) in [5.74, 6) is 0.521. The molecule has 1 heterocycles. The summed E-state index contributed by atoms with van der Waals surface area (Å²) in [6, 6.07) is 5.54. The van der Waals surface area contributed by atoms with Crippen LogP contribution >= 0.6 is 12.6 Å². The van der Waals surface area contributed by atoms with Crippen LogP contribution in [0.3, 0.4) is 0 Å². The van der Waals surface area contributed by atoms with Gasteiger partial charge in [-0.05, 0) is 25.1 Å². The molecule has 1 aromatic rings. The van der Waals surface area contributed by atoms with Crippen LogP contribution in [0.25, 0.3) is 10.6 Å². The smallest absolute Gasteiger partial charge is 0.668 e. The normalized spacial score (nSPS) is 7.12. The molecule has 0 saturated heterocycles. The molecule has 0 radical (unpaired) electrons. The molecule has 0 unspecified atom stereocenters. The molecule has 1 aromatic heterocycles. The van der Waals surface area contributed by atoms with Gasteiger partial charge in [0.2, 0.25) is 0 Å². The molecule has 0 fully saturated rings. The summed E-state index contributed by atoms with van der Waals surface area (Å²) in [6.07, 6.45) is 1.69. The van der Waals surface area contributed by atoms with Gasteiger partial charge in [0.1, 0.15) is 0 Å². The number of rotatable bonds is 1. The van der Waals surface area contributed by atoms with Gasteiger partial charge in [0.15, 0.2) is 0 Å². The maximum atomic E-state index is 8.59. The maximum absolute atomic E-state index is 8.59. The summed E-state index contributed by atoms with van der Waals surface area (Å²) < 4.78 is 0. The molecular formula is C11H18N4SU. The van der Waals surface area contributed by atoms with Crippen LogP contribution in [0, 0.1) is 49.4 Å². The zero-order valence-electron chi connectivity index (χ0n) is 10.9. The minimum Gasteiger partial charge on any atom is -0.668 e. The van der Waals surface area contributed by atoms with E-state index in [1.54, 1.807) is 39.5 Å². The zero-order chi connectivity index (χ0) is 13.0. The summed E-state index contributed by atoms with van der Waals surface area (Å²) in [4.78, 5) is 4.07. The van der Waals surface area contributed by atoms with Crippen LogP contribution in [-0.2, 0) is 0 Å². The second-order valence-electron chi connectivity index (χ2n) is 2.61.